The van der Waals surface area contributed by atoms with E-state index in [-0.39, 0.29) is 5.91 Å². The van der Waals surface area contributed by atoms with E-state index in [1.807, 2.05) is 0 Å². The number of rotatable bonds is 5. The molecular weight excluding hydrogens is 339 g/mol. The Bertz CT molecular complexity index is 620. The number of hydrogen-bond acceptors (Lipinski definition) is 6. The van der Waals surface area contributed by atoms with Crippen LogP contribution in [0.2, 0.25) is 10.0 Å². The van der Waals surface area contributed by atoms with Crippen molar-refractivity contribution in [3.8, 4) is 0 Å². The average molecular weight is 349 g/mol. The molecule has 0 saturated heterocycles. The van der Waals surface area contributed by atoms with Crippen molar-refractivity contribution in [2.75, 3.05) is 16.8 Å². The van der Waals surface area contributed by atoms with Crippen LogP contribution in [0.3, 0.4) is 0 Å². The smallest absolute Gasteiger partial charge is 0.225 e. The summed E-state index contributed by atoms with van der Waals surface area (Å²) in [6, 6.07) is 4.95. The van der Waals surface area contributed by atoms with Gasteiger partial charge in [0.2, 0.25) is 11.0 Å². The zero-order chi connectivity index (χ0) is 14.5. The molecule has 1 aromatic carbocycles. The van der Waals surface area contributed by atoms with Gasteiger partial charge in [0.05, 0.1) is 10.0 Å². The molecule has 0 unspecified atom stereocenters. The van der Waals surface area contributed by atoms with Crippen LogP contribution >= 0.6 is 46.3 Å². The number of carbonyl (C=O) groups excluding carboxylic acids is 1. The highest BCUT2D eigenvalue weighted by Gasteiger charge is 2.07. The van der Waals surface area contributed by atoms with E-state index >= 15 is 0 Å². The molecule has 0 aliphatic rings. The lowest BCUT2D eigenvalue weighted by Crippen LogP contribution is -2.12. The largest absolute Gasteiger partial charge is 0.374 e. The number of aromatic nitrogens is 2. The molecule has 0 saturated carbocycles. The van der Waals surface area contributed by atoms with Crippen LogP contribution in [-0.2, 0) is 4.79 Å². The highest BCUT2D eigenvalue weighted by molar-refractivity contribution is 8.01. The van der Waals surface area contributed by atoms with Crippen molar-refractivity contribution in [2.24, 2.45) is 0 Å². The molecule has 0 spiro atoms. The molecule has 1 amide bonds. The van der Waals surface area contributed by atoms with E-state index in [2.05, 4.69) is 15.5 Å². The number of nitrogen functional groups attached to an aromatic ring is 1. The van der Waals surface area contributed by atoms with Gasteiger partial charge in [0.25, 0.3) is 0 Å². The number of halogens is 2. The Morgan fingerprint density at radius 3 is 2.80 bits per heavy atom. The second-order valence-electron chi connectivity index (χ2n) is 3.68. The van der Waals surface area contributed by atoms with Crippen LogP contribution in [0.5, 0.6) is 0 Å². The maximum Gasteiger partial charge on any atom is 0.225 e. The van der Waals surface area contributed by atoms with E-state index in [0.29, 0.717) is 33.0 Å². The molecule has 20 heavy (non-hydrogen) atoms. The Labute approximate surface area is 133 Å². The van der Waals surface area contributed by atoms with E-state index in [1.165, 1.54) is 23.1 Å². The summed E-state index contributed by atoms with van der Waals surface area (Å²) in [7, 11) is 0. The molecular formula is C11H10Cl2N4OS2. The van der Waals surface area contributed by atoms with Crippen LogP contribution in [0.4, 0.5) is 10.8 Å². The van der Waals surface area contributed by atoms with Crippen LogP contribution in [0, 0.1) is 0 Å². The summed E-state index contributed by atoms with van der Waals surface area (Å²) in [5.41, 5.74) is 6.09. The number of hydrogen-bond donors (Lipinski definition) is 2. The normalized spacial score (nSPS) is 10.5. The molecule has 0 radical (unpaired) electrons. The van der Waals surface area contributed by atoms with Crippen molar-refractivity contribution in [3.05, 3.63) is 28.2 Å². The van der Waals surface area contributed by atoms with Gasteiger partial charge in [-0.05, 0) is 18.2 Å². The van der Waals surface area contributed by atoms with Gasteiger partial charge in [0, 0.05) is 17.9 Å². The molecule has 1 aromatic heterocycles. The van der Waals surface area contributed by atoms with Gasteiger partial charge in [-0.15, -0.1) is 10.2 Å². The highest BCUT2D eigenvalue weighted by Crippen LogP contribution is 2.26. The average Bonchev–Trinajstić information content (AvgIpc) is 2.80. The predicted molar refractivity (Wildman–Crippen MR) is 84.8 cm³/mol. The number of anilines is 2. The topological polar surface area (TPSA) is 80.9 Å². The monoisotopic (exact) mass is 348 g/mol. The number of nitrogens with zero attached hydrogens (tertiary/aromatic N) is 2. The molecule has 106 valence electrons. The summed E-state index contributed by atoms with van der Waals surface area (Å²) in [6.07, 6.45) is 0.352. The summed E-state index contributed by atoms with van der Waals surface area (Å²) in [5, 5.41) is 11.6. The molecule has 0 aliphatic carbocycles. The van der Waals surface area contributed by atoms with Gasteiger partial charge in [0.15, 0.2) is 4.34 Å². The number of thioether (sulfide) groups is 1. The van der Waals surface area contributed by atoms with E-state index in [1.54, 1.807) is 18.2 Å². The zero-order valence-corrected chi connectivity index (χ0v) is 13.2. The number of nitrogens with one attached hydrogen (secondary N) is 1. The van der Waals surface area contributed by atoms with Crippen molar-refractivity contribution in [2.45, 2.75) is 10.8 Å². The Morgan fingerprint density at radius 1 is 1.35 bits per heavy atom. The minimum atomic E-state index is -0.103. The van der Waals surface area contributed by atoms with E-state index in [9.17, 15) is 4.79 Å². The Balaban J connectivity index is 1.79. The van der Waals surface area contributed by atoms with Crippen molar-refractivity contribution >= 4 is 63.0 Å². The highest BCUT2D eigenvalue weighted by atomic mass is 35.5. The zero-order valence-electron chi connectivity index (χ0n) is 10.1. The summed E-state index contributed by atoms with van der Waals surface area (Å²) in [6.45, 7) is 0. The Kier molecular flexibility index (Phi) is 5.47. The van der Waals surface area contributed by atoms with Crippen LogP contribution in [0.1, 0.15) is 6.42 Å². The van der Waals surface area contributed by atoms with Gasteiger partial charge in [-0.2, -0.15) is 0 Å². The van der Waals surface area contributed by atoms with Crippen LogP contribution in [0.25, 0.3) is 0 Å². The Morgan fingerprint density at radius 2 is 2.15 bits per heavy atom. The molecule has 3 N–H and O–H groups in total. The van der Waals surface area contributed by atoms with E-state index in [0.717, 1.165) is 4.34 Å². The first-order valence-corrected chi connectivity index (χ1v) is 8.07. The van der Waals surface area contributed by atoms with Crippen molar-refractivity contribution in [3.63, 3.8) is 0 Å². The van der Waals surface area contributed by atoms with Crippen LogP contribution in [-0.4, -0.2) is 21.9 Å². The van der Waals surface area contributed by atoms with Gasteiger partial charge in [-0.3, -0.25) is 4.79 Å². The number of benzene rings is 1. The molecule has 0 fully saturated rings. The summed E-state index contributed by atoms with van der Waals surface area (Å²) < 4.78 is 0.754. The van der Waals surface area contributed by atoms with Gasteiger partial charge in [0.1, 0.15) is 0 Å². The number of amides is 1. The summed E-state index contributed by atoms with van der Waals surface area (Å²) in [4.78, 5) is 11.7. The van der Waals surface area contributed by atoms with Gasteiger partial charge < -0.3 is 11.1 Å². The van der Waals surface area contributed by atoms with Crippen molar-refractivity contribution < 1.29 is 4.79 Å². The van der Waals surface area contributed by atoms with Crippen molar-refractivity contribution in [1.29, 1.82) is 0 Å². The Hall–Kier alpha value is -1.02. The fourth-order valence-electron chi connectivity index (χ4n) is 1.31. The first-order chi connectivity index (χ1) is 9.54. The maximum atomic E-state index is 11.7. The van der Waals surface area contributed by atoms with Gasteiger partial charge in [-0.1, -0.05) is 46.3 Å². The first kappa shape index (κ1) is 15.4. The van der Waals surface area contributed by atoms with Crippen LogP contribution in [0.15, 0.2) is 22.5 Å². The summed E-state index contributed by atoms with van der Waals surface area (Å²) >= 11 is 14.4. The third-order valence-electron chi connectivity index (χ3n) is 2.18. The first-order valence-electron chi connectivity index (χ1n) is 5.51. The minimum Gasteiger partial charge on any atom is -0.374 e. The standard InChI is InChI=1S/C11H10Cl2N4OS2/c12-7-2-1-6(5-8(7)13)15-9(18)3-4-19-11-17-16-10(14)20-11/h1-2,5H,3-4H2,(H2,14,16)(H,15,18). The fraction of sp³-hybridized carbons (Fsp3) is 0.182. The van der Waals surface area contributed by atoms with Crippen molar-refractivity contribution in [1.82, 2.24) is 10.2 Å². The predicted octanol–water partition coefficient (Wildman–Crippen LogP) is 3.55. The lowest BCUT2D eigenvalue weighted by molar-refractivity contribution is -0.115. The maximum absolute atomic E-state index is 11.7. The number of carbonyl (C=O) groups is 1. The molecule has 2 aromatic rings. The molecule has 0 aliphatic heterocycles. The third kappa shape index (κ3) is 4.52. The molecule has 9 heteroatoms. The van der Waals surface area contributed by atoms with Gasteiger partial charge in [-0.25, -0.2) is 0 Å². The lowest BCUT2D eigenvalue weighted by Gasteiger charge is -2.05. The quantitative estimate of drug-likeness (QED) is 0.807. The van der Waals surface area contributed by atoms with Gasteiger partial charge >= 0.3 is 0 Å². The molecule has 5 nitrogen and oxygen atoms in total. The second-order valence-corrected chi connectivity index (χ2v) is 6.85. The molecule has 0 atom stereocenters. The minimum absolute atomic E-state index is 0.103. The number of nitrogens with two attached hydrogens (primary N) is 1. The lowest BCUT2D eigenvalue weighted by atomic mass is 10.3. The fourth-order valence-corrected chi connectivity index (χ4v) is 3.25. The second kappa shape index (κ2) is 7.12. The van der Waals surface area contributed by atoms with E-state index < -0.39 is 0 Å². The van der Waals surface area contributed by atoms with E-state index in [4.69, 9.17) is 28.9 Å². The summed E-state index contributed by atoms with van der Waals surface area (Å²) in [5.74, 6) is 0.496. The molecule has 1 heterocycles. The molecule has 2 rings (SSSR count). The SMILES string of the molecule is Nc1nnc(SCCC(=O)Nc2ccc(Cl)c(Cl)c2)s1. The van der Waals surface area contributed by atoms with Crippen LogP contribution < -0.4 is 11.1 Å². The third-order valence-corrected chi connectivity index (χ3v) is 4.81. The molecule has 0 bridgehead atoms.